The van der Waals surface area contributed by atoms with Crippen LogP contribution in [0.25, 0.3) is 11.0 Å². The van der Waals surface area contributed by atoms with E-state index in [1.54, 1.807) is 0 Å². The molecule has 24 heavy (non-hydrogen) atoms. The van der Waals surface area contributed by atoms with Crippen LogP contribution in [0.3, 0.4) is 0 Å². The van der Waals surface area contributed by atoms with Crippen LogP contribution in [0.2, 0.25) is 0 Å². The zero-order valence-corrected chi connectivity index (χ0v) is 17.0. The summed E-state index contributed by atoms with van der Waals surface area (Å²) in [5.41, 5.74) is 5.88. The van der Waals surface area contributed by atoms with Crippen LogP contribution >= 0.6 is 11.7 Å². The maximum absolute atomic E-state index is 4.72. The molecule has 2 aromatic rings. The second kappa shape index (κ2) is 6.40. The van der Waals surface area contributed by atoms with Crippen molar-refractivity contribution in [1.82, 2.24) is 8.75 Å². The summed E-state index contributed by atoms with van der Waals surface area (Å²) in [7, 11) is 0. The van der Waals surface area contributed by atoms with E-state index in [2.05, 4.69) is 53.7 Å². The molecule has 0 radical (unpaired) electrons. The number of aromatic nitrogens is 2. The van der Waals surface area contributed by atoms with E-state index in [1.165, 1.54) is 53.2 Å². The molecule has 0 bridgehead atoms. The molecule has 0 aliphatic heterocycles. The Bertz CT molecular complexity index is 710. The highest BCUT2D eigenvalue weighted by molar-refractivity contribution is 7.00. The standard InChI is InChI=1S/C21H32N2S/c1-7-20(5,8-2)16-12-11-14(18-19(16)23-24-22-18)15-13-17(15)21(6,9-3)10-4/h11-12,15,17H,7-10,13H2,1-6H3. The third-order valence-electron chi connectivity index (χ3n) is 7.36. The van der Waals surface area contributed by atoms with Gasteiger partial charge in [0, 0.05) is 0 Å². The molecular formula is C21H32N2S. The van der Waals surface area contributed by atoms with Gasteiger partial charge in [0.2, 0.25) is 0 Å². The Labute approximate surface area is 151 Å². The van der Waals surface area contributed by atoms with Crippen LogP contribution in [-0.4, -0.2) is 8.75 Å². The Morgan fingerprint density at radius 3 is 2.17 bits per heavy atom. The van der Waals surface area contributed by atoms with E-state index in [1.807, 2.05) is 0 Å². The Balaban J connectivity index is 2.01. The Hall–Kier alpha value is -0.960. The van der Waals surface area contributed by atoms with E-state index in [0.29, 0.717) is 11.3 Å². The minimum atomic E-state index is 0.205. The van der Waals surface area contributed by atoms with Gasteiger partial charge >= 0.3 is 0 Å². The summed E-state index contributed by atoms with van der Waals surface area (Å²) < 4.78 is 9.43. The number of rotatable bonds is 7. The van der Waals surface area contributed by atoms with Crippen molar-refractivity contribution in [2.45, 2.75) is 85.0 Å². The fourth-order valence-corrected chi connectivity index (χ4v) is 4.97. The Morgan fingerprint density at radius 2 is 1.58 bits per heavy atom. The minimum Gasteiger partial charge on any atom is -0.173 e. The highest BCUT2D eigenvalue weighted by Gasteiger charge is 2.49. The molecule has 0 saturated heterocycles. The van der Waals surface area contributed by atoms with E-state index in [-0.39, 0.29) is 5.41 Å². The number of nitrogens with zero attached hydrogens (tertiary/aromatic N) is 2. The highest BCUT2D eigenvalue weighted by atomic mass is 32.1. The van der Waals surface area contributed by atoms with Crippen molar-refractivity contribution in [3.63, 3.8) is 0 Å². The van der Waals surface area contributed by atoms with Gasteiger partial charge in [0.1, 0.15) is 11.0 Å². The Morgan fingerprint density at radius 1 is 0.958 bits per heavy atom. The number of fused-ring (bicyclic) bond motifs is 1. The van der Waals surface area contributed by atoms with Gasteiger partial charge in [0.05, 0.1) is 11.7 Å². The summed E-state index contributed by atoms with van der Waals surface area (Å²) in [6.45, 7) is 14.1. The van der Waals surface area contributed by atoms with Gasteiger partial charge in [0.25, 0.3) is 0 Å². The topological polar surface area (TPSA) is 25.8 Å². The van der Waals surface area contributed by atoms with Crippen molar-refractivity contribution in [3.05, 3.63) is 23.3 Å². The minimum absolute atomic E-state index is 0.205. The molecule has 0 N–H and O–H groups in total. The first-order chi connectivity index (χ1) is 11.4. The molecule has 3 rings (SSSR count). The van der Waals surface area contributed by atoms with Crippen molar-refractivity contribution in [2.75, 3.05) is 0 Å². The summed E-state index contributed by atoms with van der Waals surface area (Å²) in [5.74, 6) is 1.50. The van der Waals surface area contributed by atoms with Crippen molar-refractivity contribution < 1.29 is 0 Å². The zero-order valence-electron chi connectivity index (χ0n) is 16.1. The maximum atomic E-state index is 4.72. The van der Waals surface area contributed by atoms with Gasteiger partial charge in [-0.15, -0.1) is 0 Å². The number of hydrogen-bond donors (Lipinski definition) is 0. The summed E-state index contributed by atoms with van der Waals surface area (Å²) >= 11 is 1.38. The third-order valence-corrected chi connectivity index (χ3v) is 7.89. The van der Waals surface area contributed by atoms with Gasteiger partial charge < -0.3 is 0 Å². The molecule has 1 aliphatic rings. The summed E-state index contributed by atoms with van der Waals surface area (Å²) in [6.07, 6.45) is 6.15. The maximum Gasteiger partial charge on any atom is 0.108 e. The quantitative estimate of drug-likeness (QED) is 0.558. The van der Waals surface area contributed by atoms with Gasteiger partial charge in [0.15, 0.2) is 0 Å². The predicted octanol–water partition coefficient (Wildman–Crippen LogP) is 6.70. The lowest BCUT2D eigenvalue weighted by Gasteiger charge is -2.28. The normalized spacial score (nSPS) is 21.4. The Kier molecular flexibility index (Phi) is 4.76. The fourth-order valence-electron chi connectivity index (χ4n) is 4.39. The van der Waals surface area contributed by atoms with Crippen molar-refractivity contribution in [2.24, 2.45) is 11.3 Å². The first-order valence-electron chi connectivity index (χ1n) is 9.69. The molecule has 2 atom stereocenters. The smallest absolute Gasteiger partial charge is 0.108 e. The molecule has 1 fully saturated rings. The molecule has 2 nitrogen and oxygen atoms in total. The van der Waals surface area contributed by atoms with E-state index >= 15 is 0 Å². The lowest BCUT2D eigenvalue weighted by molar-refractivity contribution is 0.244. The van der Waals surface area contributed by atoms with Crippen molar-refractivity contribution >= 4 is 22.8 Å². The first kappa shape index (κ1) is 17.8. The van der Waals surface area contributed by atoms with Crippen LogP contribution in [0.1, 0.15) is 90.7 Å². The lowest BCUT2D eigenvalue weighted by Crippen LogP contribution is -2.20. The van der Waals surface area contributed by atoms with Crippen LogP contribution < -0.4 is 0 Å². The average Bonchev–Trinajstić information content (AvgIpc) is 3.28. The van der Waals surface area contributed by atoms with Gasteiger partial charge in [-0.1, -0.05) is 66.5 Å². The largest absolute Gasteiger partial charge is 0.173 e. The molecule has 1 heterocycles. The van der Waals surface area contributed by atoms with Crippen LogP contribution in [0.15, 0.2) is 12.1 Å². The first-order valence-corrected chi connectivity index (χ1v) is 10.4. The molecule has 1 aromatic heterocycles. The second-order valence-electron chi connectivity index (χ2n) is 8.24. The van der Waals surface area contributed by atoms with E-state index in [0.717, 1.165) is 18.8 Å². The van der Waals surface area contributed by atoms with E-state index in [4.69, 9.17) is 8.75 Å². The summed E-state index contributed by atoms with van der Waals surface area (Å²) in [5, 5.41) is 0. The van der Waals surface area contributed by atoms with Gasteiger partial charge in [-0.3, -0.25) is 0 Å². The second-order valence-corrected chi connectivity index (χ2v) is 8.77. The van der Waals surface area contributed by atoms with Crippen LogP contribution in [0.4, 0.5) is 0 Å². The van der Waals surface area contributed by atoms with E-state index in [9.17, 15) is 0 Å². The number of hydrogen-bond acceptors (Lipinski definition) is 3. The monoisotopic (exact) mass is 344 g/mol. The molecule has 2 unspecified atom stereocenters. The summed E-state index contributed by atoms with van der Waals surface area (Å²) in [6, 6.07) is 4.73. The molecule has 132 valence electrons. The third kappa shape index (κ3) is 2.69. The van der Waals surface area contributed by atoms with Gasteiger partial charge in [-0.05, 0) is 53.1 Å². The SMILES string of the molecule is CCC(C)(CC)c1ccc(C2CC2C(C)(CC)CC)c2nsnc12. The molecule has 3 heteroatoms. The van der Waals surface area contributed by atoms with Gasteiger partial charge in [-0.2, -0.15) is 8.75 Å². The molecule has 1 aromatic carbocycles. The molecular weight excluding hydrogens is 312 g/mol. The zero-order chi connectivity index (χ0) is 17.5. The van der Waals surface area contributed by atoms with Crippen LogP contribution in [0, 0.1) is 11.3 Å². The van der Waals surface area contributed by atoms with Crippen LogP contribution in [0.5, 0.6) is 0 Å². The lowest BCUT2D eigenvalue weighted by atomic mass is 9.76. The highest BCUT2D eigenvalue weighted by Crippen LogP contribution is 2.60. The predicted molar refractivity (Wildman–Crippen MR) is 105 cm³/mol. The van der Waals surface area contributed by atoms with E-state index < -0.39 is 0 Å². The van der Waals surface area contributed by atoms with Crippen molar-refractivity contribution in [3.8, 4) is 0 Å². The van der Waals surface area contributed by atoms with Crippen LogP contribution in [-0.2, 0) is 5.41 Å². The molecule has 1 saturated carbocycles. The fraction of sp³-hybridized carbons (Fsp3) is 0.714. The van der Waals surface area contributed by atoms with Gasteiger partial charge in [-0.25, -0.2) is 0 Å². The average molecular weight is 345 g/mol. The summed E-state index contributed by atoms with van der Waals surface area (Å²) in [4.78, 5) is 0. The molecule has 0 amide bonds. The number of benzene rings is 1. The molecule has 1 aliphatic carbocycles. The molecule has 0 spiro atoms. The van der Waals surface area contributed by atoms with Crippen molar-refractivity contribution in [1.29, 1.82) is 0 Å².